The van der Waals surface area contributed by atoms with Crippen molar-refractivity contribution in [2.24, 2.45) is 0 Å². The Morgan fingerprint density at radius 2 is 1.75 bits per heavy atom. The molecule has 3 heteroatoms. The van der Waals surface area contributed by atoms with Gasteiger partial charge in [0.25, 0.3) is 0 Å². The van der Waals surface area contributed by atoms with E-state index in [-0.39, 0.29) is 0 Å². The zero-order valence-electron chi connectivity index (χ0n) is 8.58. The van der Waals surface area contributed by atoms with Crippen molar-refractivity contribution in [3.8, 4) is 0 Å². The van der Waals surface area contributed by atoms with E-state index >= 15 is 0 Å². The third kappa shape index (κ3) is 6.95. The van der Waals surface area contributed by atoms with Crippen molar-refractivity contribution in [2.75, 3.05) is 46.0 Å². The molecule has 0 aliphatic rings. The zero-order chi connectivity index (χ0) is 9.40. The van der Waals surface area contributed by atoms with E-state index in [2.05, 4.69) is 43.4 Å². The van der Waals surface area contributed by atoms with Gasteiger partial charge in [0.1, 0.15) is 0 Å². The molecule has 0 amide bonds. The first-order chi connectivity index (χ1) is 5.70. The van der Waals surface area contributed by atoms with Crippen molar-refractivity contribution in [1.29, 1.82) is 0 Å². The van der Waals surface area contributed by atoms with Crippen molar-refractivity contribution in [3.05, 3.63) is 0 Å². The summed E-state index contributed by atoms with van der Waals surface area (Å²) in [6, 6.07) is 0. The van der Waals surface area contributed by atoms with Crippen LogP contribution in [0.25, 0.3) is 0 Å². The second kappa shape index (κ2) is 7.90. The lowest BCUT2D eigenvalue weighted by Crippen LogP contribution is -2.28. The van der Waals surface area contributed by atoms with Crippen LogP contribution in [-0.4, -0.2) is 55.8 Å². The topological polar surface area (TPSA) is 6.48 Å². The standard InChI is InChI=1S/C9H22N2S/c1-4-11(8-9-12)7-5-6-10(2)3/h12H,4-9H2,1-3H3. The molecule has 74 valence electrons. The van der Waals surface area contributed by atoms with Gasteiger partial charge in [-0.1, -0.05) is 6.92 Å². The van der Waals surface area contributed by atoms with E-state index in [0.29, 0.717) is 0 Å². The normalized spacial score (nSPS) is 11.5. The largest absolute Gasteiger partial charge is 0.309 e. The van der Waals surface area contributed by atoms with Crippen LogP contribution in [0.1, 0.15) is 13.3 Å². The fraction of sp³-hybridized carbons (Fsp3) is 1.00. The summed E-state index contributed by atoms with van der Waals surface area (Å²) in [6.07, 6.45) is 1.26. The van der Waals surface area contributed by atoms with Crippen LogP contribution < -0.4 is 0 Å². The molecule has 0 unspecified atom stereocenters. The molecule has 0 aliphatic heterocycles. The molecule has 0 fully saturated rings. The van der Waals surface area contributed by atoms with Crippen LogP contribution in [0, 0.1) is 0 Å². The summed E-state index contributed by atoms with van der Waals surface area (Å²) >= 11 is 4.22. The molecular formula is C9H22N2S. The second-order valence-corrected chi connectivity index (χ2v) is 3.76. The van der Waals surface area contributed by atoms with Crippen molar-refractivity contribution in [3.63, 3.8) is 0 Å². The molecule has 12 heavy (non-hydrogen) atoms. The van der Waals surface area contributed by atoms with Crippen LogP contribution >= 0.6 is 12.6 Å². The first-order valence-corrected chi connectivity index (χ1v) is 5.32. The SMILES string of the molecule is CCN(CCS)CCCN(C)C. The molecule has 2 nitrogen and oxygen atoms in total. The maximum absolute atomic E-state index is 4.22. The van der Waals surface area contributed by atoms with Crippen LogP contribution in [-0.2, 0) is 0 Å². The summed E-state index contributed by atoms with van der Waals surface area (Å²) in [5.41, 5.74) is 0. The van der Waals surface area contributed by atoms with Crippen LogP contribution in [0.5, 0.6) is 0 Å². The van der Waals surface area contributed by atoms with Gasteiger partial charge in [0.2, 0.25) is 0 Å². The number of nitrogens with zero attached hydrogens (tertiary/aromatic N) is 2. The summed E-state index contributed by atoms with van der Waals surface area (Å²) in [6.45, 7) is 6.86. The third-order valence-electron chi connectivity index (χ3n) is 1.94. The molecule has 0 aliphatic carbocycles. The number of thiol groups is 1. The molecule has 0 aromatic heterocycles. The summed E-state index contributed by atoms with van der Waals surface area (Å²) in [4.78, 5) is 4.67. The minimum atomic E-state index is 0.968. The predicted molar refractivity (Wildman–Crippen MR) is 59.1 cm³/mol. The molecule has 0 saturated carbocycles. The quantitative estimate of drug-likeness (QED) is 0.603. The summed E-state index contributed by atoms with van der Waals surface area (Å²) in [7, 11) is 4.24. The van der Waals surface area contributed by atoms with Crippen molar-refractivity contribution in [1.82, 2.24) is 9.80 Å². The van der Waals surface area contributed by atoms with Gasteiger partial charge < -0.3 is 9.80 Å². The zero-order valence-corrected chi connectivity index (χ0v) is 9.48. The monoisotopic (exact) mass is 190 g/mol. The molecule has 0 saturated heterocycles. The highest BCUT2D eigenvalue weighted by atomic mass is 32.1. The Kier molecular flexibility index (Phi) is 8.07. The minimum absolute atomic E-state index is 0.968. The minimum Gasteiger partial charge on any atom is -0.309 e. The maximum atomic E-state index is 4.22. The van der Waals surface area contributed by atoms with E-state index < -0.39 is 0 Å². The Labute approximate surface area is 82.3 Å². The van der Waals surface area contributed by atoms with Gasteiger partial charge in [-0.25, -0.2) is 0 Å². The van der Waals surface area contributed by atoms with E-state index in [1.807, 2.05) is 0 Å². The maximum Gasteiger partial charge on any atom is 0.00697 e. The van der Waals surface area contributed by atoms with E-state index in [1.165, 1.54) is 19.5 Å². The van der Waals surface area contributed by atoms with Gasteiger partial charge in [0, 0.05) is 12.3 Å². The number of hydrogen-bond acceptors (Lipinski definition) is 3. The van der Waals surface area contributed by atoms with Crippen LogP contribution in [0.15, 0.2) is 0 Å². The second-order valence-electron chi connectivity index (χ2n) is 3.31. The van der Waals surface area contributed by atoms with Gasteiger partial charge in [0.15, 0.2) is 0 Å². The summed E-state index contributed by atoms with van der Waals surface area (Å²) in [5.74, 6) is 0.968. The Morgan fingerprint density at radius 1 is 1.08 bits per heavy atom. The van der Waals surface area contributed by atoms with E-state index in [1.54, 1.807) is 0 Å². The number of rotatable bonds is 7. The highest BCUT2D eigenvalue weighted by molar-refractivity contribution is 7.80. The fourth-order valence-corrected chi connectivity index (χ4v) is 1.46. The average Bonchev–Trinajstić information content (AvgIpc) is 2.02. The lowest BCUT2D eigenvalue weighted by atomic mass is 10.3. The Morgan fingerprint density at radius 3 is 2.17 bits per heavy atom. The Hall–Kier alpha value is 0.270. The first-order valence-electron chi connectivity index (χ1n) is 4.68. The molecule has 0 aromatic rings. The fourth-order valence-electron chi connectivity index (χ4n) is 1.18. The Balaban J connectivity index is 3.31. The third-order valence-corrected chi connectivity index (χ3v) is 2.14. The molecule has 0 bridgehead atoms. The Bertz CT molecular complexity index is 96.5. The van der Waals surface area contributed by atoms with Crippen LogP contribution in [0.3, 0.4) is 0 Å². The van der Waals surface area contributed by atoms with E-state index in [4.69, 9.17) is 0 Å². The predicted octanol–water partition coefficient (Wildman–Crippen LogP) is 1.19. The lowest BCUT2D eigenvalue weighted by molar-refractivity contribution is 0.280. The van der Waals surface area contributed by atoms with Crippen molar-refractivity contribution >= 4 is 12.6 Å². The van der Waals surface area contributed by atoms with Crippen LogP contribution in [0.2, 0.25) is 0 Å². The molecule has 0 radical (unpaired) electrons. The smallest absolute Gasteiger partial charge is 0.00697 e. The van der Waals surface area contributed by atoms with Crippen molar-refractivity contribution < 1.29 is 0 Å². The first kappa shape index (κ1) is 12.3. The highest BCUT2D eigenvalue weighted by Gasteiger charge is 1.99. The molecule has 0 heterocycles. The van der Waals surface area contributed by atoms with Gasteiger partial charge in [-0.15, -0.1) is 0 Å². The van der Waals surface area contributed by atoms with Gasteiger partial charge in [-0.05, 0) is 40.2 Å². The van der Waals surface area contributed by atoms with E-state index in [0.717, 1.165) is 18.8 Å². The lowest BCUT2D eigenvalue weighted by Gasteiger charge is -2.20. The van der Waals surface area contributed by atoms with Gasteiger partial charge in [0.05, 0.1) is 0 Å². The van der Waals surface area contributed by atoms with Crippen LogP contribution in [0.4, 0.5) is 0 Å². The number of hydrogen-bond donors (Lipinski definition) is 1. The molecule has 0 N–H and O–H groups in total. The molecule has 0 aromatic carbocycles. The summed E-state index contributed by atoms with van der Waals surface area (Å²) < 4.78 is 0. The van der Waals surface area contributed by atoms with E-state index in [9.17, 15) is 0 Å². The molecule has 0 atom stereocenters. The molecule has 0 rings (SSSR count). The highest BCUT2D eigenvalue weighted by Crippen LogP contribution is 1.93. The van der Waals surface area contributed by atoms with Crippen molar-refractivity contribution in [2.45, 2.75) is 13.3 Å². The van der Waals surface area contributed by atoms with Gasteiger partial charge >= 0.3 is 0 Å². The summed E-state index contributed by atoms with van der Waals surface area (Å²) in [5, 5.41) is 0. The van der Waals surface area contributed by atoms with Gasteiger partial charge in [-0.2, -0.15) is 12.6 Å². The van der Waals surface area contributed by atoms with Gasteiger partial charge in [-0.3, -0.25) is 0 Å². The molecule has 0 spiro atoms. The average molecular weight is 190 g/mol. The molecular weight excluding hydrogens is 168 g/mol.